The molecule has 0 saturated carbocycles. The Morgan fingerprint density at radius 1 is 0.944 bits per heavy atom. The third-order valence-corrected chi connectivity index (χ3v) is 2.84. The molecule has 0 spiro atoms. The van der Waals surface area contributed by atoms with Gasteiger partial charge >= 0.3 is 0 Å². The molecule has 0 aliphatic carbocycles. The number of pyridine rings is 1. The number of benzene rings is 1. The Balaban J connectivity index is 2.13. The Kier molecular flexibility index (Phi) is 2.65. The predicted molar refractivity (Wildman–Crippen MR) is 71.5 cm³/mol. The van der Waals surface area contributed by atoms with Crippen LogP contribution in [-0.2, 0) is 0 Å². The normalized spacial score (nSPS) is 10.5. The van der Waals surface area contributed by atoms with Crippen molar-refractivity contribution in [2.45, 2.75) is 6.92 Å². The fourth-order valence-electron chi connectivity index (χ4n) is 2.00. The second kappa shape index (κ2) is 4.45. The summed E-state index contributed by atoms with van der Waals surface area (Å²) in [5.74, 6) is 0. The van der Waals surface area contributed by atoms with E-state index in [1.807, 2.05) is 50.0 Å². The Morgan fingerprint density at radius 2 is 1.78 bits per heavy atom. The topological polar surface area (TPSA) is 30.7 Å². The summed E-state index contributed by atoms with van der Waals surface area (Å²) in [6.07, 6.45) is 7.41. The predicted octanol–water partition coefficient (Wildman–Crippen LogP) is 3.24. The highest BCUT2D eigenvalue weighted by atomic mass is 15.0. The molecular weight excluding hydrogens is 222 g/mol. The second-order valence-electron chi connectivity index (χ2n) is 4.24. The Labute approximate surface area is 106 Å². The van der Waals surface area contributed by atoms with Crippen LogP contribution in [-0.4, -0.2) is 14.5 Å². The maximum Gasteiger partial charge on any atom is 0.0997 e. The number of imidazole rings is 1. The molecule has 0 amide bonds. The summed E-state index contributed by atoms with van der Waals surface area (Å²) < 4.78 is 2.07. The zero-order valence-corrected chi connectivity index (χ0v) is 10.1. The molecule has 18 heavy (non-hydrogen) atoms. The lowest BCUT2D eigenvalue weighted by atomic mass is 10.1. The zero-order valence-electron chi connectivity index (χ0n) is 10.1. The van der Waals surface area contributed by atoms with E-state index < -0.39 is 0 Å². The van der Waals surface area contributed by atoms with Gasteiger partial charge in [0.2, 0.25) is 0 Å². The number of para-hydroxylation sites is 1. The molecule has 0 atom stereocenters. The molecule has 3 nitrogen and oxygen atoms in total. The molecule has 0 unspecified atom stereocenters. The van der Waals surface area contributed by atoms with Gasteiger partial charge in [0.15, 0.2) is 0 Å². The van der Waals surface area contributed by atoms with Crippen LogP contribution in [0, 0.1) is 6.92 Å². The van der Waals surface area contributed by atoms with Gasteiger partial charge in [0.25, 0.3) is 0 Å². The molecule has 0 aliphatic rings. The quantitative estimate of drug-likeness (QED) is 0.682. The molecule has 3 rings (SSSR count). The van der Waals surface area contributed by atoms with E-state index in [0.717, 1.165) is 22.5 Å². The van der Waals surface area contributed by atoms with Gasteiger partial charge in [-0.15, -0.1) is 0 Å². The minimum absolute atomic E-state index is 1.05. The van der Waals surface area contributed by atoms with E-state index in [1.165, 1.54) is 0 Å². The fraction of sp³-hybridized carbons (Fsp3) is 0.0667. The van der Waals surface area contributed by atoms with E-state index >= 15 is 0 Å². The minimum Gasteiger partial charge on any atom is -0.299 e. The van der Waals surface area contributed by atoms with Crippen molar-refractivity contribution in [3.8, 4) is 16.9 Å². The van der Waals surface area contributed by atoms with Crippen LogP contribution in [0.5, 0.6) is 0 Å². The van der Waals surface area contributed by atoms with Crippen molar-refractivity contribution in [1.82, 2.24) is 14.5 Å². The van der Waals surface area contributed by atoms with Gasteiger partial charge in [-0.3, -0.25) is 9.55 Å². The van der Waals surface area contributed by atoms with Crippen molar-refractivity contribution in [3.05, 3.63) is 66.9 Å². The van der Waals surface area contributed by atoms with Gasteiger partial charge < -0.3 is 0 Å². The van der Waals surface area contributed by atoms with E-state index in [4.69, 9.17) is 0 Å². The lowest BCUT2D eigenvalue weighted by molar-refractivity contribution is 1.06. The molecule has 88 valence electrons. The molecular formula is C15H13N3. The SMILES string of the molecule is Cc1cncc(-c2cncn2-c2ccccc2)c1. The summed E-state index contributed by atoms with van der Waals surface area (Å²) in [5.41, 5.74) is 4.38. The average molecular weight is 235 g/mol. The fourth-order valence-corrected chi connectivity index (χ4v) is 2.00. The van der Waals surface area contributed by atoms with Crippen molar-refractivity contribution < 1.29 is 0 Å². The van der Waals surface area contributed by atoms with Crippen LogP contribution in [0.25, 0.3) is 16.9 Å². The number of rotatable bonds is 2. The van der Waals surface area contributed by atoms with Gasteiger partial charge in [-0.25, -0.2) is 4.98 Å². The number of aromatic nitrogens is 3. The maximum absolute atomic E-state index is 4.24. The molecule has 0 aliphatic heterocycles. The first-order valence-corrected chi connectivity index (χ1v) is 5.84. The molecule has 0 fully saturated rings. The van der Waals surface area contributed by atoms with E-state index in [2.05, 4.69) is 32.7 Å². The van der Waals surface area contributed by atoms with Crippen LogP contribution in [0.1, 0.15) is 5.56 Å². The minimum atomic E-state index is 1.05. The molecule has 0 N–H and O–H groups in total. The Morgan fingerprint density at radius 3 is 2.56 bits per heavy atom. The maximum atomic E-state index is 4.24. The van der Waals surface area contributed by atoms with E-state index in [9.17, 15) is 0 Å². The molecule has 3 aromatic rings. The number of aryl methyl sites for hydroxylation is 1. The molecule has 0 radical (unpaired) electrons. The van der Waals surface area contributed by atoms with Crippen molar-refractivity contribution in [2.75, 3.05) is 0 Å². The third-order valence-electron chi connectivity index (χ3n) is 2.84. The second-order valence-corrected chi connectivity index (χ2v) is 4.24. The summed E-state index contributed by atoms with van der Waals surface area (Å²) in [6.45, 7) is 2.04. The van der Waals surface area contributed by atoms with Gasteiger partial charge in [0, 0.05) is 23.6 Å². The highest BCUT2D eigenvalue weighted by Gasteiger charge is 2.06. The van der Waals surface area contributed by atoms with Crippen LogP contribution in [0.3, 0.4) is 0 Å². The van der Waals surface area contributed by atoms with Gasteiger partial charge in [-0.05, 0) is 30.7 Å². The highest BCUT2D eigenvalue weighted by Crippen LogP contribution is 2.22. The number of hydrogen-bond donors (Lipinski definition) is 0. The zero-order chi connectivity index (χ0) is 12.4. The van der Waals surface area contributed by atoms with Crippen molar-refractivity contribution in [3.63, 3.8) is 0 Å². The summed E-state index contributed by atoms with van der Waals surface area (Å²) in [7, 11) is 0. The average Bonchev–Trinajstić information content (AvgIpc) is 2.89. The van der Waals surface area contributed by atoms with E-state index in [1.54, 1.807) is 0 Å². The molecule has 3 heteroatoms. The van der Waals surface area contributed by atoms with Crippen molar-refractivity contribution in [1.29, 1.82) is 0 Å². The summed E-state index contributed by atoms with van der Waals surface area (Å²) in [6, 6.07) is 12.3. The van der Waals surface area contributed by atoms with Gasteiger partial charge in [-0.2, -0.15) is 0 Å². The van der Waals surface area contributed by atoms with Crippen LogP contribution in [0.15, 0.2) is 61.3 Å². The van der Waals surface area contributed by atoms with Gasteiger partial charge in [-0.1, -0.05) is 18.2 Å². The van der Waals surface area contributed by atoms with E-state index in [0.29, 0.717) is 0 Å². The van der Waals surface area contributed by atoms with Crippen LogP contribution in [0.2, 0.25) is 0 Å². The summed E-state index contributed by atoms with van der Waals surface area (Å²) in [5, 5.41) is 0. The number of nitrogens with zero attached hydrogens (tertiary/aromatic N) is 3. The molecule has 0 saturated heterocycles. The molecule has 1 aromatic carbocycles. The van der Waals surface area contributed by atoms with Crippen molar-refractivity contribution in [2.24, 2.45) is 0 Å². The smallest absolute Gasteiger partial charge is 0.0997 e. The lowest BCUT2D eigenvalue weighted by Crippen LogP contribution is -1.95. The summed E-state index contributed by atoms with van der Waals surface area (Å²) >= 11 is 0. The first kappa shape index (κ1) is 10.7. The van der Waals surface area contributed by atoms with Crippen LogP contribution < -0.4 is 0 Å². The Hall–Kier alpha value is -2.42. The standard InChI is InChI=1S/C15H13N3/c1-12-7-13(9-16-8-12)15-10-17-11-18(15)14-5-3-2-4-6-14/h2-11H,1H3. The first-order valence-electron chi connectivity index (χ1n) is 5.84. The van der Waals surface area contributed by atoms with Crippen LogP contribution >= 0.6 is 0 Å². The van der Waals surface area contributed by atoms with E-state index in [-0.39, 0.29) is 0 Å². The first-order chi connectivity index (χ1) is 8.84. The van der Waals surface area contributed by atoms with Crippen LogP contribution in [0.4, 0.5) is 0 Å². The molecule has 2 heterocycles. The van der Waals surface area contributed by atoms with Gasteiger partial charge in [0.05, 0.1) is 18.2 Å². The third kappa shape index (κ3) is 1.91. The van der Waals surface area contributed by atoms with Crippen molar-refractivity contribution >= 4 is 0 Å². The largest absolute Gasteiger partial charge is 0.299 e. The summed E-state index contributed by atoms with van der Waals surface area (Å²) in [4.78, 5) is 8.47. The highest BCUT2D eigenvalue weighted by molar-refractivity contribution is 5.61. The Bertz CT molecular complexity index is 656. The van der Waals surface area contributed by atoms with Gasteiger partial charge in [0.1, 0.15) is 0 Å². The number of hydrogen-bond acceptors (Lipinski definition) is 2. The monoisotopic (exact) mass is 235 g/mol. The molecule has 0 bridgehead atoms. The lowest BCUT2D eigenvalue weighted by Gasteiger charge is -2.08. The molecule has 2 aromatic heterocycles.